The second-order valence-corrected chi connectivity index (χ2v) is 5.59. The lowest BCUT2D eigenvalue weighted by molar-refractivity contribution is -0.117. The number of amides is 1. The van der Waals surface area contributed by atoms with Gasteiger partial charge in [0.15, 0.2) is 0 Å². The molecule has 0 aromatic heterocycles. The van der Waals surface area contributed by atoms with Crippen molar-refractivity contribution in [3.05, 3.63) is 12.2 Å². The molecule has 0 bridgehead atoms. The number of carbonyl (C=O) groups excluding carboxylic acids is 1. The van der Waals surface area contributed by atoms with Gasteiger partial charge in [0.2, 0.25) is 5.91 Å². The van der Waals surface area contributed by atoms with Crippen molar-refractivity contribution in [1.29, 1.82) is 0 Å². The summed E-state index contributed by atoms with van der Waals surface area (Å²) in [5, 5.41) is 3.52. The molecule has 0 spiro atoms. The van der Waals surface area contributed by atoms with Crippen LogP contribution in [0.4, 0.5) is 0 Å². The van der Waals surface area contributed by atoms with Crippen LogP contribution < -0.4 is 5.32 Å². The largest absolute Gasteiger partial charge is 0.352 e. The molecule has 2 nitrogen and oxygen atoms in total. The molecule has 0 aliphatic carbocycles. The van der Waals surface area contributed by atoms with Crippen LogP contribution in [0.25, 0.3) is 0 Å². The number of rotatable bonds is 6. The highest BCUT2D eigenvalue weighted by molar-refractivity contribution is 7.99. The van der Waals surface area contributed by atoms with E-state index in [1.807, 2.05) is 11.8 Å². The molecule has 0 aliphatic rings. The summed E-state index contributed by atoms with van der Waals surface area (Å²) in [6.07, 6.45) is 0. The molecule has 1 unspecified atom stereocenters. The second-order valence-electron chi connectivity index (χ2n) is 3.98. The van der Waals surface area contributed by atoms with Gasteiger partial charge in [-0.1, -0.05) is 27.4 Å². The smallest absolute Gasteiger partial charge is 0.246 e. The van der Waals surface area contributed by atoms with Crippen LogP contribution in [0.5, 0.6) is 0 Å². The number of nitrogens with one attached hydrogen (secondary N) is 1. The van der Waals surface area contributed by atoms with Gasteiger partial charge in [0.1, 0.15) is 0 Å². The Bertz CT molecular complexity index is 201. The minimum Gasteiger partial charge on any atom is -0.352 e. The molecule has 0 radical (unpaired) electrons. The maximum Gasteiger partial charge on any atom is 0.246 e. The predicted molar refractivity (Wildman–Crippen MR) is 64.6 cm³/mol. The van der Waals surface area contributed by atoms with Gasteiger partial charge in [-0.05, 0) is 23.8 Å². The zero-order valence-electron chi connectivity index (χ0n) is 9.59. The summed E-state index contributed by atoms with van der Waals surface area (Å²) >= 11 is 1.93. The lowest BCUT2D eigenvalue weighted by atomic mass is 10.2. The maximum atomic E-state index is 11.2. The average molecular weight is 215 g/mol. The van der Waals surface area contributed by atoms with E-state index in [1.54, 1.807) is 6.92 Å². The number of hydrogen-bond acceptors (Lipinski definition) is 2. The highest BCUT2D eigenvalue weighted by Crippen LogP contribution is 2.13. The Morgan fingerprint density at radius 2 is 2.00 bits per heavy atom. The Hall–Kier alpha value is -0.440. The van der Waals surface area contributed by atoms with Crippen LogP contribution in [-0.2, 0) is 4.79 Å². The van der Waals surface area contributed by atoms with Gasteiger partial charge in [0.25, 0.3) is 0 Å². The van der Waals surface area contributed by atoms with Crippen LogP contribution in [-0.4, -0.2) is 23.5 Å². The molecule has 0 saturated carbocycles. The molecule has 0 saturated heterocycles. The molecule has 1 atom stereocenters. The molecule has 1 N–H and O–H groups in total. The number of carbonyl (C=O) groups is 1. The zero-order chi connectivity index (χ0) is 11.1. The Morgan fingerprint density at radius 1 is 1.43 bits per heavy atom. The third kappa shape index (κ3) is 7.01. The monoisotopic (exact) mass is 215 g/mol. The van der Waals surface area contributed by atoms with Crippen LogP contribution in [0.1, 0.15) is 27.7 Å². The first-order valence-corrected chi connectivity index (χ1v) is 6.03. The van der Waals surface area contributed by atoms with Crippen LogP contribution in [0, 0.1) is 5.92 Å². The zero-order valence-corrected chi connectivity index (χ0v) is 10.4. The van der Waals surface area contributed by atoms with E-state index in [0.29, 0.717) is 16.7 Å². The molecule has 0 aromatic rings. The van der Waals surface area contributed by atoms with E-state index in [1.165, 1.54) is 0 Å². The first kappa shape index (κ1) is 13.6. The molecule has 0 aromatic carbocycles. The van der Waals surface area contributed by atoms with E-state index in [-0.39, 0.29) is 5.91 Å². The summed E-state index contributed by atoms with van der Waals surface area (Å²) in [6.45, 7) is 12.6. The van der Waals surface area contributed by atoms with Gasteiger partial charge < -0.3 is 5.32 Å². The molecular weight excluding hydrogens is 194 g/mol. The second kappa shape index (κ2) is 6.93. The summed E-state index contributed by atoms with van der Waals surface area (Å²) in [5.74, 6) is 1.57. The first-order chi connectivity index (χ1) is 6.43. The van der Waals surface area contributed by atoms with E-state index in [0.717, 1.165) is 12.3 Å². The van der Waals surface area contributed by atoms with Gasteiger partial charge in [-0.3, -0.25) is 4.79 Å². The molecule has 1 amide bonds. The Morgan fingerprint density at radius 3 is 2.43 bits per heavy atom. The van der Waals surface area contributed by atoms with E-state index >= 15 is 0 Å². The SMILES string of the molecule is C=C(C)C(=O)NCC(C)CSC(C)C. The molecule has 0 aliphatic heterocycles. The van der Waals surface area contributed by atoms with Crippen LogP contribution in [0.3, 0.4) is 0 Å². The lowest BCUT2D eigenvalue weighted by Gasteiger charge is -2.13. The molecule has 0 heterocycles. The van der Waals surface area contributed by atoms with Crippen molar-refractivity contribution < 1.29 is 4.79 Å². The van der Waals surface area contributed by atoms with Gasteiger partial charge in [-0.15, -0.1) is 0 Å². The van der Waals surface area contributed by atoms with Crippen molar-refractivity contribution in [3.8, 4) is 0 Å². The Balaban J connectivity index is 3.58. The number of thioether (sulfide) groups is 1. The van der Waals surface area contributed by atoms with E-state index in [4.69, 9.17) is 0 Å². The third-order valence-corrected chi connectivity index (χ3v) is 3.14. The molecule has 82 valence electrons. The summed E-state index contributed by atoms with van der Waals surface area (Å²) in [6, 6.07) is 0. The summed E-state index contributed by atoms with van der Waals surface area (Å²) in [7, 11) is 0. The fourth-order valence-corrected chi connectivity index (χ4v) is 1.66. The topological polar surface area (TPSA) is 29.1 Å². The van der Waals surface area contributed by atoms with Crippen LogP contribution >= 0.6 is 11.8 Å². The van der Waals surface area contributed by atoms with E-state index in [9.17, 15) is 4.79 Å². The fraction of sp³-hybridized carbons (Fsp3) is 0.727. The highest BCUT2D eigenvalue weighted by atomic mass is 32.2. The molecule has 3 heteroatoms. The van der Waals surface area contributed by atoms with Gasteiger partial charge in [-0.25, -0.2) is 0 Å². The normalized spacial score (nSPS) is 12.6. The van der Waals surface area contributed by atoms with Crippen LogP contribution in [0.15, 0.2) is 12.2 Å². The van der Waals surface area contributed by atoms with Crippen molar-refractivity contribution >= 4 is 17.7 Å². The Kier molecular flexibility index (Phi) is 6.71. The molecular formula is C11H21NOS. The lowest BCUT2D eigenvalue weighted by Crippen LogP contribution is -2.29. The summed E-state index contributed by atoms with van der Waals surface area (Å²) in [4.78, 5) is 11.2. The van der Waals surface area contributed by atoms with E-state index in [2.05, 4.69) is 32.7 Å². The minimum absolute atomic E-state index is 0.0357. The predicted octanol–water partition coefficient (Wildman–Crippen LogP) is 2.46. The van der Waals surface area contributed by atoms with Crippen molar-refractivity contribution in [2.45, 2.75) is 32.9 Å². The van der Waals surface area contributed by atoms with Crippen molar-refractivity contribution in [2.24, 2.45) is 5.92 Å². The van der Waals surface area contributed by atoms with Crippen molar-refractivity contribution in [3.63, 3.8) is 0 Å². The average Bonchev–Trinajstić information content (AvgIpc) is 2.10. The number of hydrogen-bond donors (Lipinski definition) is 1. The molecule has 0 fully saturated rings. The first-order valence-electron chi connectivity index (χ1n) is 4.98. The Labute approximate surface area is 91.5 Å². The summed E-state index contributed by atoms with van der Waals surface area (Å²) in [5.41, 5.74) is 0.578. The summed E-state index contributed by atoms with van der Waals surface area (Å²) < 4.78 is 0. The van der Waals surface area contributed by atoms with Gasteiger partial charge in [0.05, 0.1) is 0 Å². The van der Waals surface area contributed by atoms with Gasteiger partial charge in [-0.2, -0.15) is 11.8 Å². The fourth-order valence-electron chi connectivity index (χ4n) is 0.833. The minimum atomic E-state index is -0.0357. The quantitative estimate of drug-likeness (QED) is 0.690. The third-order valence-electron chi connectivity index (χ3n) is 1.71. The van der Waals surface area contributed by atoms with Gasteiger partial charge >= 0.3 is 0 Å². The molecule has 0 rings (SSSR count). The molecule has 14 heavy (non-hydrogen) atoms. The maximum absolute atomic E-state index is 11.2. The van der Waals surface area contributed by atoms with Crippen molar-refractivity contribution in [2.75, 3.05) is 12.3 Å². The van der Waals surface area contributed by atoms with Gasteiger partial charge in [0, 0.05) is 12.1 Å². The highest BCUT2D eigenvalue weighted by Gasteiger charge is 2.06. The standard InChI is InChI=1S/C11H21NOS/c1-8(2)11(13)12-6-10(5)7-14-9(3)4/h9-10H,1,6-7H2,2-5H3,(H,12,13). The van der Waals surface area contributed by atoms with Crippen LogP contribution in [0.2, 0.25) is 0 Å². The van der Waals surface area contributed by atoms with E-state index < -0.39 is 0 Å². The van der Waals surface area contributed by atoms with Crippen molar-refractivity contribution in [1.82, 2.24) is 5.32 Å².